The van der Waals surface area contributed by atoms with Crippen molar-refractivity contribution in [3.63, 3.8) is 0 Å². The maximum Gasteiger partial charge on any atom is 0.320 e. The van der Waals surface area contributed by atoms with Crippen LogP contribution < -0.4 is 9.47 Å². The van der Waals surface area contributed by atoms with Gasteiger partial charge in [-0.2, -0.15) is 0 Å². The van der Waals surface area contributed by atoms with E-state index in [2.05, 4.69) is 9.47 Å². The number of carbonyl (C=O) groups excluding carboxylic acids is 2. The topological polar surface area (TPSA) is 71.1 Å². The van der Waals surface area contributed by atoms with Crippen LogP contribution >= 0.6 is 0 Å². The van der Waals surface area contributed by atoms with E-state index in [0.717, 1.165) is 5.56 Å². The van der Waals surface area contributed by atoms with Gasteiger partial charge in [-0.1, -0.05) is 6.07 Å². The lowest BCUT2D eigenvalue weighted by Crippen LogP contribution is -2.28. The highest BCUT2D eigenvalue weighted by molar-refractivity contribution is 5.95. The summed E-state index contributed by atoms with van der Waals surface area (Å²) in [6.07, 6.45) is 0.190. The first-order valence-corrected chi connectivity index (χ1v) is 5.70. The molecule has 0 atom stereocenters. The van der Waals surface area contributed by atoms with Crippen LogP contribution in [0, 0.1) is 5.92 Å². The van der Waals surface area contributed by atoms with Gasteiger partial charge in [0.05, 0.1) is 14.2 Å². The summed E-state index contributed by atoms with van der Waals surface area (Å²) in [5.74, 6) is -0.966. The molecule has 0 spiro atoms. The predicted molar refractivity (Wildman–Crippen MR) is 63.8 cm³/mol. The lowest BCUT2D eigenvalue weighted by molar-refractivity contribution is -0.158. The molecule has 1 aliphatic rings. The van der Waals surface area contributed by atoms with Gasteiger partial charge in [-0.15, -0.1) is 0 Å². The van der Waals surface area contributed by atoms with Crippen LogP contribution in [0.15, 0.2) is 18.2 Å². The molecule has 6 heteroatoms. The van der Waals surface area contributed by atoms with Crippen LogP contribution in [0.4, 0.5) is 0 Å². The predicted octanol–water partition coefficient (Wildman–Crippen LogP) is 0.920. The summed E-state index contributed by atoms with van der Waals surface area (Å²) in [7, 11) is 2.47. The minimum absolute atomic E-state index is 0.177. The quantitative estimate of drug-likeness (QED) is 0.596. The highest BCUT2D eigenvalue weighted by Crippen LogP contribution is 2.33. The van der Waals surface area contributed by atoms with Crippen molar-refractivity contribution in [1.82, 2.24) is 0 Å². The van der Waals surface area contributed by atoms with Crippen LogP contribution in [0.1, 0.15) is 5.56 Å². The number of esters is 2. The van der Waals surface area contributed by atoms with Gasteiger partial charge in [0, 0.05) is 0 Å². The molecule has 1 aromatic carbocycles. The summed E-state index contributed by atoms with van der Waals surface area (Å²) in [6, 6.07) is 5.25. The van der Waals surface area contributed by atoms with Crippen molar-refractivity contribution >= 4 is 11.9 Å². The second kappa shape index (κ2) is 5.60. The summed E-state index contributed by atoms with van der Waals surface area (Å²) in [5, 5.41) is 0. The summed E-state index contributed by atoms with van der Waals surface area (Å²) >= 11 is 0. The summed E-state index contributed by atoms with van der Waals surface area (Å²) < 4.78 is 19.6. The Morgan fingerprint density at radius 2 is 1.79 bits per heavy atom. The fourth-order valence-electron chi connectivity index (χ4n) is 1.85. The van der Waals surface area contributed by atoms with E-state index in [1.54, 1.807) is 18.2 Å². The average molecular weight is 266 g/mol. The number of hydrogen-bond acceptors (Lipinski definition) is 6. The van der Waals surface area contributed by atoms with E-state index in [1.807, 2.05) is 0 Å². The third-order valence-corrected chi connectivity index (χ3v) is 2.85. The number of benzene rings is 1. The third kappa shape index (κ3) is 2.78. The Bertz CT molecular complexity index is 480. The molecule has 0 amide bonds. The van der Waals surface area contributed by atoms with E-state index in [1.165, 1.54) is 14.2 Å². The van der Waals surface area contributed by atoms with Crippen molar-refractivity contribution in [1.29, 1.82) is 0 Å². The van der Waals surface area contributed by atoms with Crippen LogP contribution in [0.3, 0.4) is 0 Å². The maximum absolute atomic E-state index is 11.6. The van der Waals surface area contributed by atoms with Gasteiger partial charge >= 0.3 is 11.9 Å². The molecule has 1 aliphatic heterocycles. The molecule has 0 saturated carbocycles. The maximum atomic E-state index is 11.6. The van der Waals surface area contributed by atoms with E-state index in [4.69, 9.17) is 9.47 Å². The fraction of sp³-hybridized carbons (Fsp3) is 0.385. The van der Waals surface area contributed by atoms with E-state index in [9.17, 15) is 9.59 Å². The summed E-state index contributed by atoms with van der Waals surface area (Å²) in [4.78, 5) is 23.1. The van der Waals surface area contributed by atoms with Gasteiger partial charge in [0.25, 0.3) is 0 Å². The SMILES string of the molecule is COC(=O)C(Cc1ccc2c(c1)OCO2)C(=O)OC. The van der Waals surface area contributed by atoms with Crippen molar-refractivity contribution in [2.75, 3.05) is 21.0 Å². The Labute approximate surface area is 110 Å². The zero-order chi connectivity index (χ0) is 13.8. The standard InChI is InChI=1S/C13H14O6/c1-16-12(14)9(13(15)17-2)5-8-3-4-10-11(6-8)19-7-18-10/h3-4,6,9H,5,7H2,1-2H3. The molecule has 0 bridgehead atoms. The Morgan fingerprint density at radius 1 is 1.16 bits per heavy atom. The van der Waals surface area contributed by atoms with E-state index < -0.39 is 17.9 Å². The van der Waals surface area contributed by atoms with Crippen LogP contribution in [0.25, 0.3) is 0 Å². The molecule has 6 nitrogen and oxygen atoms in total. The zero-order valence-corrected chi connectivity index (χ0v) is 10.7. The van der Waals surface area contributed by atoms with E-state index in [-0.39, 0.29) is 13.2 Å². The van der Waals surface area contributed by atoms with Crippen LogP contribution in [-0.4, -0.2) is 33.0 Å². The first kappa shape index (κ1) is 13.2. The molecule has 1 heterocycles. The number of methoxy groups -OCH3 is 2. The summed E-state index contributed by atoms with van der Waals surface area (Å²) in [5.41, 5.74) is 0.769. The molecule has 19 heavy (non-hydrogen) atoms. The molecule has 0 saturated heterocycles. The molecular weight excluding hydrogens is 252 g/mol. The van der Waals surface area contributed by atoms with Crippen LogP contribution in [0.5, 0.6) is 11.5 Å². The highest BCUT2D eigenvalue weighted by atomic mass is 16.7. The van der Waals surface area contributed by atoms with E-state index >= 15 is 0 Å². The van der Waals surface area contributed by atoms with Crippen molar-refractivity contribution in [3.05, 3.63) is 23.8 Å². The Morgan fingerprint density at radius 3 is 2.42 bits per heavy atom. The first-order chi connectivity index (χ1) is 9.15. The second-order valence-electron chi connectivity index (χ2n) is 3.99. The Hall–Kier alpha value is -2.24. The molecule has 0 aliphatic carbocycles. The minimum Gasteiger partial charge on any atom is -0.468 e. The van der Waals surface area contributed by atoms with Gasteiger partial charge in [0.1, 0.15) is 0 Å². The smallest absolute Gasteiger partial charge is 0.320 e. The van der Waals surface area contributed by atoms with Crippen molar-refractivity contribution in [2.45, 2.75) is 6.42 Å². The van der Waals surface area contributed by atoms with Gasteiger partial charge in [0.15, 0.2) is 17.4 Å². The molecule has 0 fully saturated rings. The molecular formula is C13H14O6. The van der Waals surface area contributed by atoms with Gasteiger partial charge in [-0.3, -0.25) is 9.59 Å². The van der Waals surface area contributed by atoms with Crippen LogP contribution in [-0.2, 0) is 25.5 Å². The molecule has 0 unspecified atom stereocenters. The lowest BCUT2D eigenvalue weighted by Gasteiger charge is -2.12. The molecule has 0 aromatic heterocycles. The van der Waals surface area contributed by atoms with E-state index in [0.29, 0.717) is 11.5 Å². The fourth-order valence-corrected chi connectivity index (χ4v) is 1.85. The number of carbonyl (C=O) groups is 2. The van der Waals surface area contributed by atoms with Gasteiger partial charge in [-0.05, 0) is 24.1 Å². The van der Waals surface area contributed by atoms with Crippen LogP contribution in [0.2, 0.25) is 0 Å². The Kier molecular flexibility index (Phi) is 3.89. The number of rotatable bonds is 4. The lowest BCUT2D eigenvalue weighted by atomic mass is 9.99. The molecule has 0 radical (unpaired) electrons. The summed E-state index contributed by atoms with van der Waals surface area (Å²) in [6.45, 7) is 0.177. The third-order valence-electron chi connectivity index (χ3n) is 2.85. The molecule has 0 N–H and O–H groups in total. The van der Waals surface area contributed by atoms with Gasteiger partial charge < -0.3 is 18.9 Å². The second-order valence-corrected chi connectivity index (χ2v) is 3.99. The van der Waals surface area contributed by atoms with Crippen molar-refractivity contribution < 1.29 is 28.5 Å². The largest absolute Gasteiger partial charge is 0.468 e. The van der Waals surface area contributed by atoms with Crippen molar-refractivity contribution in [2.24, 2.45) is 5.92 Å². The minimum atomic E-state index is -0.977. The average Bonchev–Trinajstić information content (AvgIpc) is 2.90. The zero-order valence-electron chi connectivity index (χ0n) is 10.7. The Balaban J connectivity index is 2.17. The molecule has 2 rings (SSSR count). The normalized spacial score (nSPS) is 12.4. The van der Waals surface area contributed by atoms with Crippen molar-refractivity contribution in [3.8, 4) is 11.5 Å². The monoisotopic (exact) mass is 266 g/mol. The number of ether oxygens (including phenoxy) is 4. The van der Waals surface area contributed by atoms with Gasteiger partial charge in [-0.25, -0.2) is 0 Å². The molecule has 102 valence electrons. The first-order valence-electron chi connectivity index (χ1n) is 5.70. The van der Waals surface area contributed by atoms with Gasteiger partial charge in [0.2, 0.25) is 6.79 Å². The number of hydrogen-bond donors (Lipinski definition) is 0. The molecule has 1 aromatic rings. The number of fused-ring (bicyclic) bond motifs is 1. The highest BCUT2D eigenvalue weighted by Gasteiger charge is 2.29.